The maximum Gasteiger partial charge on any atom is 0.339 e. The number of halogens is 1. The summed E-state index contributed by atoms with van der Waals surface area (Å²) in [6.07, 6.45) is 4.14. The molecular formula is C16H13FN2O2. The lowest BCUT2D eigenvalue weighted by Gasteiger charge is -1.99. The molecule has 2 aromatic heterocycles. The number of carbonyl (C=O) groups excluding carboxylic acids is 1. The van der Waals surface area contributed by atoms with Crippen LogP contribution in [-0.4, -0.2) is 22.5 Å². The van der Waals surface area contributed by atoms with E-state index in [1.807, 2.05) is 6.20 Å². The van der Waals surface area contributed by atoms with Gasteiger partial charge in [-0.05, 0) is 29.8 Å². The van der Waals surface area contributed by atoms with Crippen LogP contribution in [0.25, 0.3) is 5.65 Å². The summed E-state index contributed by atoms with van der Waals surface area (Å²) in [5.74, 6) is -0.637. The molecule has 3 aromatic rings. The van der Waals surface area contributed by atoms with Gasteiger partial charge in [-0.25, -0.2) is 14.2 Å². The average Bonchev–Trinajstić information content (AvgIpc) is 2.90. The van der Waals surface area contributed by atoms with Crippen molar-refractivity contribution in [2.24, 2.45) is 0 Å². The number of methoxy groups -OCH3 is 1. The minimum atomic E-state index is -0.384. The fourth-order valence-corrected chi connectivity index (χ4v) is 2.18. The molecule has 0 saturated heterocycles. The number of nitrogens with zero attached hydrogens (tertiary/aromatic N) is 2. The summed E-state index contributed by atoms with van der Waals surface area (Å²) in [4.78, 5) is 16.0. The molecule has 0 N–H and O–H groups in total. The van der Waals surface area contributed by atoms with Crippen molar-refractivity contribution >= 4 is 11.6 Å². The Bertz CT molecular complexity index is 794. The molecule has 0 unspecified atom stereocenters. The summed E-state index contributed by atoms with van der Waals surface area (Å²) >= 11 is 0. The van der Waals surface area contributed by atoms with Crippen LogP contribution in [0.3, 0.4) is 0 Å². The molecule has 0 aliphatic carbocycles. The van der Waals surface area contributed by atoms with Crippen molar-refractivity contribution in [3.63, 3.8) is 0 Å². The Labute approximate surface area is 120 Å². The van der Waals surface area contributed by atoms with E-state index in [2.05, 4.69) is 4.98 Å². The highest BCUT2D eigenvalue weighted by Gasteiger charge is 2.08. The van der Waals surface area contributed by atoms with Crippen molar-refractivity contribution in [3.05, 3.63) is 71.4 Å². The predicted octanol–water partition coefficient (Wildman–Crippen LogP) is 2.85. The number of fused-ring (bicyclic) bond motifs is 1. The second-order valence-corrected chi connectivity index (χ2v) is 4.71. The van der Waals surface area contributed by atoms with Gasteiger partial charge in [-0.3, -0.25) is 0 Å². The highest BCUT2D eigenvalue weighted by molar-refractivity contribution is 5.89. The quantitative estimate of drug-likeness (QED) is 0.695. The predicted molar refractivity (Wildman–Crippen MR) is 75.7 cm³/mol. The number of aromatic nitrogens is 2. The van der Waals surface area contributed by atoms with E-state index in [1.165, 1.54) is 19.2 Å². The monoisotopic (exact) mass is 284 g/mol. The van der Waals surface area contributed by atoms with Crippen LogP contribution < -0.4 is 0 Å². The number of benzene rings is 1. The van der Waals surface area contributed by atoms with Crippen LogP contribution in [0.15, 0.2) is 48.8 Å². The Hall–Kier alpha value is -2.69. The molecule has 0 spiro atoms. The van der Waals surface area contributed by atoms with E-state index < -0.39 is 0 Å². The first-order valence-corrected chi connectivity index (χ1v) is 6.46. The molecule has 0 radical (unpaired) electrons. The highest BCUT2D eigenvalue weighted by atomic mass is 19.1. The SMILES string of the molecule is COC(=O)c1ccc2nc(Cc3ccc(F)cc3)cn2c1. The maximum atomic E-state index is 12.9. The Morgan fingerprint density at radius 1 is 1.19 bits per heavy atom. The van der Waals surface area contributed by atoms with Gasteiger partial charge in [-0.1, -0.05) is 12.1 Å². The van der Waals surface area contributed by atoms with Gasteiger partial charge in [0, 0.05) is 18.8 Å². The fourth-order valence-electron chi connectivity index (χ4n) is 2.18. The zero-order chi connectivity index (χ0) is 14.8. The number of hydrogen-bond acceptors (Lipinski definition) is 3. The van der Waals surface area contributed by atoms with Crippen LogP contribution in [0, 0.1) is 5.82 Å². The van der Waals surface area contributed by atoms with Crippen LogP contribution in [0.4, 0.5) is 4.39 Å². The lowest BCUT2D eigenvalue weighted by molar-refractivity contribution is 0.0600. The molecule has 0 fully saturated rings. The van der Waals surface area contributed by atoms with E-state index >= 15 is 0 Å². The molecule has 3 rings (SSSR count). The largest absolute Gasteiger partial charge is 0.465 e. The third kappa shape index (κ3) is 2.76. The molecule has 21 heavy (non-hydrogen) atoms. The molecule has 0 atom stereocenters. The minimum absolute atomic E-state index is 0.253. The summed E-state index contributed by atoms with van der Waals surface area (Å²) in [5, 5.41) is 0. The van der Waals surface area contributed by atoms with Gasteiger partial charge in [0.2, 0.25) is 0 Å². The van der Waals surface area contributed by atoms with Gasteiger partial charge in [-0.15, -0.1) is 0 Å². The number of imidazole rings is 1. The number of hydrogen-bond donors (Lipinski definition) is 0. The molecule has 0 amide bonds. The summed E-state index contributed by atoms with van der Waals surface area (Å²) < 4.78 is 19.4. The van der Waals surface area contributed by atoms with Gasteiger partial charge in [0.25, 0.3) is 0 Å². The van der Waals surface area contributed by atoms with Gasteiger partial charge in [0.05, 0.1) is 18.4 Å². The van der Waals surface area contributed by atoms with Crippen molar-refractivity contribution < 1.29 is 13.9 Å². The smallest absolute Gasteiger partial charge is 0.339 e. The van der Waals surface area contributed by atoms with Crippen molar-refractivity contribution in [2.75, 3.05) is 7.11 Å². The van der Waals surface area contributed by atoms with Gasteiger partial charge in [0.15, 0.2) is 0 Å². The third-order valence-electron chi connectivity index (χ3n) is 3.22. The number of rotatable bonds is 3. The van der Waals surface area contributed by atoms with Gasteiger partial charge >= 0.3 is 5.97 Å². The number of esters is 1. The average molecular weight is 284 g/mol. The zero-order valence-corrected chi connectivity index (χ0v) is 11.4. The van der Waals surface area contributed by atoms with E-state index in [9.17, 15) is 9.18 Å². The molecule has 5 heteroatoms. The molecule has 0 aliphatic heterocycles. The van der Waals surface area contributed by atoms with Gasteiger partial charge in [-0.2, -0.15) is 0 Å². The molecule has 1 aromatic carbocycles. The highest BCUT2D eigenvalue weighted by Crippen LogP contribution is 2.13. The Balaban J connectivity index is 1.90. The van der Waals surface area contributed by atoms with Crippen molar-refractivity contribution in [1.82, 2.24) is 9.38 Å². The fraction of sp³-hybridized carbons (Fsp3) is 0.125. The maximum absolute atomic E-state index is 12.9. The van der Waals surface area contributed by atoms with Crippen LogP contribution in [0.1, 0.15) is 21.6 Å². The topological polar surface area (TPSA) is 43.6 Å². The zero-order valence-electron chi connectivity index (χ0n) is 11.4. The second-order valence-electron chi connectivity index (χ2n) is 4.71. The summed E-state index contributed by atoms with van der Waals surface area (Å²) in [6, 6.07) is 9.77. The molecular weight excluding hydrogens is 271 g/mol. The van der Waals surface area contributed by atoms with Crippen LogP contribution >= 0.6 is 0 Å². The lowest BCUT2D eigenvalue weighted by Crippen LogP contribution is -2.02. The number of pyridine rings is 1. The van der Waals surface area contributed by atoms with E-state index in [-0.39, 0.29) is 11.8 Å². The lowest BCUT2D eigenvalue weighted by atomic mass is 10.1. The van der Waals surface area contributed by atoms with E-state index in [0.717, 1.165) is 16.9 Å². The van der Waals surface area contributed by atoms with Crippen molar-refractivity contribution in [2.45, 2.75) is 6.42 Å². The minimum Gasteiger partial charge on any atom is -0.465 e. The summed E-state index contributed by atoms with van der Waals surface area (Å²) in [6.45, 7) is 0. The first-order valence-electron chi connectivity index (χ1n) is 6.46. The van der Waals surface area contributed by atoms with Crippen LogP contribution in [0.5, 0.6) is 0 Å². The molecule has 0 aliphatic rings. The summed E-state index contributed by atoms with van der Waals surface area (Å²) in [7, 11) is 1.35. The Kier molecular flexibility index (Phi) is 3.39. The van der Waals surface area contributed by atoms with Crippen LogP contribution in [0.2, 0.25) is 0 Å². The molecule has 0 saturated carbocycles. The van der Waals surface area contributed by atoms with Gasteiger partial charge in [0.1, 0.15) is 11.5 Å². The molecule has 0 bridgehead atoms. The third-order valence-corrected chi connectivity index (χ3v) is 3.22. The first-order chi connectivity index (χ1) is 10.2. The van der Waals surface area contributed by atoms with E-state index in [1.54, 1.807) is 34.9 Å². The molecule has 2 heterocycles. The molecule has 106 valence electrons. The van der Waals surface area contributed by atoms with Crippen LogP contribution in [-0.2, 0) is 11.2 Å². The number of ether oxygens (including phenoxy) is 1. The van der Waals surface area contributed by atoms with Crippen molar-refractivity contribution in [1.29, 1.82) is 0 Å². The normalized spacial score (nSPS) is 10.8. The van der Waals surface area contributed by atoms with Crippen molar-refractivity contribution in [3.8, 4) is 0 Å². The first kappa shape index (κ1) is 13.3. The molecule has 4 nitrogen and oxygen atoms in total. The second kappa shape index (κ2) is 5.36. The van der Waals surface area contributed by atoms with Gasteiger partial charge < -0.3 is 9.14 Å². The van der Waals surface area contributed by atoms with E-state index in [4.69, 9.17) is 4.74 Å². The Morgan fingerprint density at radius 3 is 2.67 bits per heavy atom. The summed E-state index contributed by atoms with van der Waals surface area (Å²) in [5.41, 5.74) is 3.05. The Morgan fingerprint density at radius 2 is 1.95 bits per heavy atom. The number of carbonyl (C=O) groups is 1. The standard InChI is InChI=1S/C16H13FN2O2/c1-21-16(20)12-4-7-15-18-14(10-19(15)9-12)8-11-2-5-13(17)6-3-11/h2-7,9-10H,8H2,1H3. The van der Waals surface area contributed by atoms with E-state index in [0.29, 0.717) is 12.0 Å².